The second kappa shape index (κ2) is 4.78. The summed E-state index contributed by atoms with van der Waals surface area (Å²) in [5, 5.41) is 14.5. The van der Waals surface area contributed by atoms with Gasteiger partial charge in [0.2, 0.25) is 0 Å². The topological polar surface area (TPSA) is 35.8 Å². The lowest BCUT2D eigenvalue weighted by molar-refractivity contribution is 0.208. The van der Waals surface area contributed by atoms with E-state index in [4.69, 9.17) is 5.26 Å². The third-order valence-corrected chi connectivity index (χ3v) is 4.08. The third kappa shape index (κ3) is 2.58. The molecule has 1 heterocycles. The second-order valence-electron chi connectivity index (χ2n) is 4.25. The third-order valence-electron chi connectivity index (χ3n) is 3.14. The number of nitriles is 1. The van der Waals surface area contributed by atoms with Crippen LogP contribution in [0.15, 0.2) is 17.5 Å². The minimum Gasteiger partial charge on any atom is -0.315 e. The van der Waals surface area contributed by atoms with Gasteiger partial charge < -0.3 is 5.32 Å². The van der Waals surface area contributed by atoms with Gasteiger partial charge in [0.25, 0.3) is 0 Å². The van der Waals surface area contributed by atoms with Crippen LogP contribution in [-0.4, -0.2) is 13.1 Å². The summed E-state index contributed by atoms with van der Waals surface area (Å²) >= 11 is 1.80. The fraction of sp³-hybridized carbons (Fsp3) is 0.583. The van der Waals surface area contributed by atoms with Gasteiger partial charge in [-0.1, -0.05) is 12.5 Å². The van der Waals surface area contributed by atoms with Crippen LogP contribution in [-0.2, 0) is 6.42 Å². The van der Waals surface area contributed by atoms with Gasteiger partial charge in [-0.3, -0.25) is 0 Å². The first kappa shape index (κ1) is 10.7. The van der Waals surface area contributed by atoms with E-state index in [2.05, 4.69) is 28.9 Å². The largest absolute Gasteiger partial charge is 0.315 e. The molecule has 0 unspecified atom stereocenters. The molecule has 0 bridgehead atoms. The molecule has 1 fully saturated rings. The van der Waals surface area contributed by atoms with E-state index in [1.807, 2.05) is 0 Å². The lowest BCUT2D eigenvalue weighted by Crippen LogP contribution is -2.39. The smallest absolute Gasteiger partial charge is 0.0703 e. The summed E-state index contributed by atoms with van der Waals surface area (Å²) in [6, 6.07) is 6.70. The van der Waals surface area contributed by atoms with Crippen molar-refractivity contribution >= 4 is 11.3 Å². The Bertz CT molecular complexity index is 333. The van der Waals surface area contributed by atoms with Crippen molar-refractivity contribution in [2.75, 3.05) is 13.1 Å². The fourth-order valence-electron chi connectivity index (χ4n) is 1.93. The first-order chi connectivity index (χ1) is 7.35. The van der Waals surface area contributed by atoms with Crippen LogP contribution in [0.4, 0.5) is 0 Å². The Kier molecular flexibility index (Phi) is 3.40. The van der Waals surface area contributed by atoms with Crippen molar-refractivity contribution in [2.24, 2.45) is 5.41 Å². The highest BCUT2D eigenvalue weighted by molar-refractivity contribution is 7.09. The van der Waals surface area contributed by atoms with Crippen molar-refractivity contribution in [3.63, 3.8) is 0 Å². The normalized spacial score (nSPS) is 18.1. The van der Waals surface area contributed by atoms with Gasteiger partial charge in [0, 0.05) is 18.0 Å². The number of nitrogens with zero attached hydrogens (tertiary/aromatic N) is 1. The van der Waals surface area contributed by atoms with E-state index in [1.165, 1.54) is 11.3 Å². The number of thiophene rings is 1. The summed E-state index contributed by atoms with van der Waals surface area (Å²) in [7, 11) is 0. The van der Waals surface area contributed by atoms with Crippen molar-refractivity contribution < 1.29 is 0 Å². The molecule has 80 valence electrons. The van der Waals surface area contributed by atoms with Gasteiger partial charge in [-0.05, 0) is 30.7 Å². The van der Waals surface area contributed by atoms with Crippen molar-refractivity contribution in [1.82, 2.24) is 5.32 Å². The van der Waals surface area contributed by atoms with E-state index in [9.17, 15) is 0 Å². The molecule has 0 aromatic carbocycles. The van der Waals surface area contributed by atoms with Gasteiger partial charge in [0.15, 0.2) is 0 Å². The molecule has 0 atom stereocenters. The first-order valence-corrected chi connectivity index (χ1v) is 6.37. The van der Waals surface area contributed by atoms with Crippen molar-refractivity contribution in [3.8, 4) is 6.07 Å². The highest BCUT2D eigenvalue weighted by Crippen LogP contribution is 2.39. The SMILES string of the molecule is N#CC1(CNCCc2cccs2)CCC1. The first-order valence-electron chi connectivity index (χ1n) is 5.49. The van der Waals surface area contributed by atoms with E-state index in [0.717, 1.165) is 32.4 Å². The molecule has 3 heteroatoms. The number of rotatable bonds is 5. The molecule has 0 aliphatic heterocycles. The molecule has 1 saturated carbocycles. The average molecular weight is 220 g/mol. The van der Waals surface area contributed by atoms with Crippen LogP contribution in [0.1, 0.15) is 24.1 Å². The molecule has 0 saturated heterocycles. The van der Waals surface area contributed by atoms with E-state index in [1.54, 1.807) is 11.3 Å². The van der Waals surface area contributed by atoms with Crippen LogP contribution in [0.3, 0.4) is 0 Å². The molecule has 1 aliphatic rings. The Hall–Kier alpha value is -0.850. The van der Waals surface area contributed by atoms with Crippen LogP contribution < -0.4 is 5.32 Å². The summed E-state index contributed by atoms with van der Waals surface area (Å²) < 4.78 is 0. The van der Waals surface area contributed by atoms with Crippen LogP contribution in [0.5, 0.6) is 0 Å². The van der Waals surface area contributed by atoms with Gasteiger partial charge in [0.05, 0.1) is 11.5 Å². The molecular weight excluding hydrogens is 204 g/mol. The average Bonchev–Trinajstić information content (AvgIpc) is 2.68. The van der Waals surface area contributed by atoms with Crippen LogP contribution in [0.25, 0.3) is 0 Å². The Morgan fingerprint density at radius 1 is 1.53 bits per heavy atom. The van der Waals surface area contributed by atoms with E-state index < -0.39 is 0 Å². The van der Waals surface area contributed by atoms with Gasteiger partial charge in [-0.15, -0.1) is 11.3 Å². The Labute approximate surface area is 94.9 Å². The molecule has 0 spiro atoms. The van der Waals surface area contributed by atoms with Crippen molar-refractivity contribution in [1.29, 1.82) is 5.26 Å². The molecular formula is C12H16N2S. The van der Waals surface area contributed by atoms with Gasteiger partial charge in [0.1, 0.15) is 0 Å². The zero-order chi connectivity index (χ0) is 10.6. The minimum atomic E-state index is -0.0323. The van der Waals surface area contributed by atoms with Crippen LogP contribution in [0.2, 0.25) is 0 Å². The van der Waals surface area contributed by atoms with Crippen LogP contribution in [0, 0.1) is 16.7 Å². The van der Waals surface area contributed by atoms with Gasteiger partial charge in [-0.25, -0.2) is 0 Å². The molecule has 1 aromatic rings. The lowest BCUT2D eigenvalue weighted by atomic mass is 9.70. The summed E-state index contributed by atoms with van der Waals surface area (Å²) in [4.78, 5) is 1.42. The summed E-state index contributed by atoms with van der Waals surface area (Å²) in [6.45, 7) is 1.86. The highest BCUT2D eigenvalue weighted by atomic mass is 32.1. The van der Waals surface area contributed by atoms with Gasteiger partial charge in [-0.2, -0.15) is 5.26 Å². The number of hydrogen-bond acceptors (Lipinski definition) is 3. The van der Waals surface area contributed by atoms with Crippen LogP contribution >= 0.6 is 11.3 Å². The predicted molar refractivity (Wildman–Crippen MR) is 62.8 cm³/mol. The van der Waals surface area contributed by atoms with Crippen molar-refractivity contribution in [2.45, 2.75) is 25.7 Å². The molecule has 15 heavy (non-hydrogen) atoms. The number of hydrogen-bond donors (Lipinski definition) is 1. The second-order valence-corrected chi connectivity index (χ2v) is 5.28. The molecule has 2 rings (SSSR count). The summed E-state index contributed by atoms with van der Waals surface area (Å²) in [5.41, 5.74) is -0.0323. The Morgan fingerprint density at radius 2 is 2.40 bits per heavy atom. The standard InChI is InChI=1S/C12H16N2S/c13-9-12(5-2-6-12)10-14-7-4-11-3-1-8-15-11/h1,3,8,14H,2,4-7,10H2. The molecule has 1 N–H and O–H groups in total. The predicted octanol–water partition coefficient (Wildman–Crippen LogP) is 2.57. The zero-order valence-corrected chi connectivity index (χ0v) is 9.65. The lowest BCUT2D eigenvalue weighted by Gasteiger charge is -2.35. The van der Waals surface area contributed by atoms with E-state index in [0.29, 0.717) is 0 Å². The number of nitrogens with one attached hydrogen (secondary N) is 1. The fourth-order valence-corrected chi connectivity index (χ4v) is 2.63. The molecule has 0 amide bonds. The van der Waals surface area contributed by atoms with E-state index in [-0.39, 0.29) is 5.41 Å². The minimum absolute atomic E-state index is 0.0323. The molecule has 0 radical (unpaired) electrons. The highest BCUT2D eigenvalue weighted by Gasteiger charge is 2.36. The monoisotopic (exact) mass is 220 g/mol. The summed E-state index contributed by atoms with van der Waals surface area (Å²) in [5.74, 6) is 0. The maximum absolute atomic E-state index is 9.03. The van der Waals surface area contributed by atoms with Crippen molar-refractivity contribution in [3.05, 3.63) is 22.4 Å². The zero-order valence-electron chi connectivity index (χ0n) is 8.83. The Balaban J connectivity index is 1.65. The quantitative estimate of drug-likeness (QED) is 0.774. The molecule has 1 aliphatic carbocycles. The Morgan fingerprint density at radius 3 is 2.93 bits per heavy atom. The molecule has 2 nitrogen and oxygen atoms in total. The maximum Gasteiger partial charge on any atom is 0.0703 e. The maximum atomic E-state index is 9.03. The summed E-state index contributed by atoms with van der Waals surface area (Å²) in [6.07, 6.45) is 4.46. The van der Waals surface area contributed by atoms with E-state index >= 15 is 0 Å². The molecule has 1 aromatic heterocycles. The van der Waals surface area contributed by atoms with Gasteiger partial charge >= 0.3 is 0 Å².